The number of nitrogens with zero attached hydrogens (tertiary/aromatic N) is 1. The molecule has 0 fully saturated rings. The van der Waals surface area contributed by atoms with Gasteiger partial charge in [0.1, 0.15) is 0 Å². The average molecular weight is 231 g/mol. The van der Waals surface area contributed by atoms with E-state index in [0.29, 0.717) is 0 Å². The zero-order valence-corrected chi connectivity index (χ0v) is 11.5. The first kappa shape index (κ1) is 15.9. The van der Waals surface area contributed by atoms with Gasteiger partial charge in [0.25, 0.3) is 0 Å². The lowest BCUT2D eigenvalue weighted by Crippen LogP contribution is -2.27. The molecule has 0 aromatic rings. The molecule has 0 bridgehead atoms. The minimum Gasteiger partial charge on any atom is -0.379 e. The molecule has 0 unspecified atom stereocenters. The van der Waals surface area contributed by atoms with E-state index in [9.17, 15) is 0 Å². The molecule has 0 heterocycles. The summed E-state index contributed by atoms with van der Waals surface area (Å²) in [7, 11) is 2.14. The summed E-state index contributed by atoms with van der Waals surface area (Å²) in [5.74, 6) is 0.724. The number of rotatable bonds is 11. The summed E-state index contributed by atoms with van der Waals surface area (Å²) >= 11 is 0. The Morgan fingerprint density at radius 1 is 1.00 bits per heavy atom. The van der Waals surface area contributed by atoms with E-state index in [1.807, 2.05) is 0 Å². The Morgan fingerprint density at radius 3 is 2.19 bits per heavy atom. The molecule has 0 aromatic heterocycles. The Kier molecular flexibility index (Phi) is 11.3. The highest BCUT2D eigenvalue weighted by Gasteiger charge is 2.00. The molecule has 0 amide bonds. The first-order valence-corrected chi connectivity index (χ1v) is 6.50. The maximum atomic E-state index is 5.50. The average Bonchev–Trinajstić information content (AvgIpc) is 2.21. The molecule has 0 N–H and O–H groups in total. The van der Waals surface area contributed by atoms with Crippen LogP contribution < -0.4 is 0 Å². The number of hydrogen-bond acceptors (Lipinski definition) is 3. The minimum atomic E-state index is 0.721. The third-order valence-electron chi connectivity index (χ3n) is 2.31. The van der Waals surface area contributed by atoms with Crippen LogP contribution in [0.4, 0.5) is 0 Å². The maximum Gasteiger partial charge on any atom is 0.0701 e. The van der Waals surface area contributed by atoms with Crippen molar-refractivity contribution in [2.75, 3.05) is 46.6 Å². The molecule has 3 heteroatoms. The van der Waals surface area contributed by atoms with Crippen molar-refractivity contribution in [3.8, 4) is 0 Å². The van der Waals surface area contributed by atoms with E-state index in [4.69, 9.17) is 9.47 Å². The zero-order valence-electron chi connectivity index (χ0n) is 11.5. The van der Waals surface area contributed by atoms with Gasteiger partial charge in [-0.3, -0.25) is 0 Å². The van der Waals surface area contributed by atoms with Crippen LogP contribution in [-0.4, -0.2) is 51.5 Å². The van der Waals surface area contributed by atoms with Crippen molar-refractivity contribution in [3.63, 3.8) is 0 Å². The number of unbranched alkanes of at least 4 members (excludes halogenated alkanes) is 1. The molecule has 0 atom stereocenters. The molecular formula is C13H29NO2. The quantitative estimate of drug-likeness (QED) is 0.510. The largest absolute Gasteiger partial charge is 0.379 e. The molecule has 0 aliphatic carbocycles. The predicted octanol–water partition coefficient (Wildman–Crippen LogP) is 2.41. The standard InChI is InChI=1S/C13H29NO2/c1-5-6-8-15-10-11-16-9-7-14(4)12-13(2)3/h13H,5-12H2,1-4H3. The van der Waals surface area contributed by atoms with Crippen molar-refractivity contribution >= 4 is 0 Å². The molecule has 0 saturated carbocycles. The van der Waals surface area contributed by atoms with Crippen molar-refractivity contribution in [2.24, 2.45) is 5.92 Å². The molecular weight excluding hydrogens is 202 g/mol. The highest BCUT2D eigenvalue weighted by atomic mass is 16.5. The normalized spacial score (nSPS) is 11.6. The first-order chi connectivity index (χ1) is 7.66. The summed E-state index contributed by atoms with van der Waals surface area (Å²) in [6, 6.07) is 0. The van der Waals surface area contributed by atoms with Crippen LogP contribution in [-0.2, 0) is 9.47 Å². The minimum absolute atomic E-state index is 0.721. The number of hydrogen-bond donors (Lipinski definition) is 0. The van der Waals surface area contributed by atoms with E-state index in [1.54, 1.807) is 0 Å². The van der Waals surface area contributed by atoms with Crippen molar-refractivity contribution in [1.82, 2.24) is 4.90 Å². The van der Waals surface area contributed by atoms with Crippen LogP contribution in [0.2, 0.25) is 0 Å². The number of ether oxygens (including phenoxy) is 2. The van der Waals surface area contributed by atoms with Crippen LogP contribution >= 0.6 is 0 Å². The second kappa shape index (κ2) is 11.4. The third kappa shape index (κ3) is 12.0. The van der Waals surface area contributed by atoms with Crippen LogP contribution in [0.3, 0.4) is 0 Å². The van der Waals surface area contributed by atoms with E-state index in [1.165, 1.54) is 6.42 Å². The van der Waals surface area contributed by atoms with E-state index < -0.39 is 0 Å². The van der Waals surface area contributed by atoms with Gasteiger partial charge in [-0.2, -0.15) is 0 Å². The van der Waals surface area contributed by atoms with Crippen LogP contribution in [0.15, 0.2) is 0 Å². The Hall–Kier alpha value is -0.120. The molecule has 0 rings (SSSR count). The highest BCUT2D eigenvalue weighted by Crippen LogP contribution is 1.95. The Balaban J connectivity index is 3.08. The van der Waals surface area contributed by atoms with Crippen LogP contribution in [0, 0.1) is 5.92 Å². The highest BCUT2D eigenvalue weighted by molar-refractivity contribution is 4.53. The molecule has 98 valence electrons. The molecule has 0 radical (unpaired) electrons. The fraction of sp³-hybridized carbons (Fsp3) is 1.00. The second-order valence-corrected chi connectivity index (χ2v) is 4.73. The predicted molar refractivity (Wildman–Crippen MR) is 68.9 cm³/mol. The van der Waals surface area contributed by atoms with E-state index in [-0.39, 0.29) is 0 Å². The van der Waals surface area contributed by atoms with Gasteiger partial charge in [0.2, 0.25) is 0 Å². The zero-order chi connectivity index (χ0) is 12.2. The molecule has 0 spiro atoms. The molecule has 0 saturated heterocycles. The topological polar surface area (TPSA) is 21.7 Å². The van der Waals surface area contributed by atoms with Gasteiger partial charge in [-0.1, -0.05) is 27.2 Å². The summed E-state index contributed by atoms with van der Waals surface area (Å²) in [6.45, 7) is 11.9. The number of likely N-dealkylation sites (N-methyl/N-ethyl adjacent to an activating group) is 1. The van der Waals surface area contributed by atoms with Gasteiger partial charge in [0, 0.05) is 19.7 Å². The van der Waals surface area contributed by atoms with Gasteiger partial charge in [-0.25, -0.2) is 0 Å². The van der Waals surface area contributed by atoms with E-state index >= 15 is 0 Å². The lowest BCUT2D eigenvalue weighted by molar-refractivity contribution is 0.0392. The van der Waals surface area contributed by atoms with Crippen LogP contribution in [0.1, 0.15) is 33.6 Å². The lowest BCUT2D eigenvalue weighted by Gasteiger charge is -2.18. The summed E-state index contributed by atoms with van der Waals surface area (Å²) < 4.78 is 10.9. The van der Waals surface area contributed by atoms with Crippen molar-refractivity contribution in [2.45, 2.75) is 33.6 Å². The fourth-order valence-corrected chi connectivity index (χ4v) is 1.50. The molecule has 0 aliphatic rings. The summed E-state index contributed by atoms with van der Waals surface area (Å²) in [4.78, 5) is 2.31. The Morgan fingerprint density at radius 2 is 1.62 bits per heavy atom. The van der Waals surface area contributed by atoms with Gasteiger partial charge < -0.3 is 14.4 Å². The van der Waals surface area contributed by atoms with Crippen molar-refractivity contribution in [1.29, 1.82) is 0 Å². The van der Waals surface area contributed by atoms with Crippen LogP contribution in [0.25, 0.3) is 0 Å². The van der Waals surface area contributed by atoms with Gasteiger partial charge >= 0.3 is 0 Å². The first-order valence-electron chi connectivity index (χ1n) is 6.50. The van der Waals surface area contributed by atoms with Gasteiger partial charge in [-0.05, 0) is 19.4 Å². The summed E-state index contributed by atoms with van der Waals surface area (Å²) in [5, 5.41) is 0. The summed E-state index contributed by atoms with van der Waals surface area (Å²) in [5.41, 5.74) is 0. The van der Waals surface area contributed by atoms with Crippen molar-refractivity contribution in [3.05, 3.63) is 0 Å². The summed E-state index contributed by atoms with van der Waals surface area (Å²) in [6.07, 6.45) is 2.35. The second-order valence-electron chi connectivity index (χ2n) is 4.73. The SMILES string of the molecule is CCCCOCCOCCN(C)CC(C)C. The van der Waals surface area contributed by atoms with Gasteiger partial charge in [0.15, 0.2) is 0 Å². The Labute approximate surface area is 101 Å². The Bertz CT molecular complexity index is 140. The molecule has 16 heavy (non-hydrogen) atoms. The maximum absolute atomic E-state index is 5.50. The smallest absolute Gasteiger partial charge is 0.0701 e. The van der Waals surface area contributed by atoms with Crippen molar-refractivity contribution < 1.29 is 9.47 Å². The molecule has 0 aliphatic heterocycles. The fourth-order valence-electron chi connectivity index (χ4n) is 1.50. The third-order valence-corrected chi connectivity index (χ3v) is 2.31. The lowest BCUT2D eigenvalue weighted by atomic mass is 10.2. The van der Waals surface area contributed by atoms with E-state index in [2.05, 4.69) is 32.7 Å². The van der Waals surface area contributed by atoms with Gasteiger partial charge in [-0.15, -0.1) is 0 Å². The van der Waals surface area contributed by atoms with E-state index in [0.717, 1.165) is 51.9 Å². The molecule has 3 nitrogen and oxygen atoms in total. The monoisotopic (exact) mass is 231 g/mol. The van der Waals surface area contributed by atoms with Crippen LogP contribution in [0.5, 0.6) is 0 Å². The van der Waals surface area contributed by atoms with Gasteiger partial charge in [0.05, 0.1) is 19.8 Å². The molecule has 0 aromatic carbocycles.